The Balaban J connectivity index is 2.56. The number of fused-ring (bicyclic) bond motifs is 1. The molecule has 0 heterocycles. The lowest BCUT2D eigenvalue weighted by Gasteiger charge is -2.33. The van der Waals surface area contributed by atoms with E-state index in [-0.39, 0.29) is 0 Å². The average molecular weight is 322 g/mol. The molecular weight excluding hydrogens is 306 g/mol. The van der Waals surface area contributed by atoms with E-state index in [1.54, 1.807) is 0 Å². The summed E-state index contributed by atoms with van der Waals surface area (Å²) in [5, 5.41) is 11.5. The second kappa shape index (κ2) is 4.85. The van der Waals surface area contributed by atoms with Crippen molar-refractivity contribution < 1.29 is 9.90 Å². The van der Waals surface area contributed by atoms with Crippen LogP contribution in [-0.2, 0) is 0 Å². The molecule has 19 heavy (non-hydrogen) atoms. The van der Waals surface area contributed by atoms with E-state index in [0.717, 1.165) is 15.2 Å². The molecule has 100 valence electrons. The van der Waals surface area contributed by atoms with Gasteiger partial charge in [0.05, 0.1) is 0 Å². The second-order valence-corrected chi connectivity index (χ2v) is 6.38. The van der Waals surface area contributed by atoms with Crippen LogP contribution in [0.4, 0.5) is 10.5 Å². The number of nitrogens with zero attached hydrogens (tertiary/aromatic N) is 1. The van der Waals surface area contributed by atoms with Crippen LogP contribution in [0.5, 0.6) is 0 Å². The van der Waals surface area contributed by atoms with Gasteiger partial charge in [-0.1, -0.05) is 28.1 Å². The van der Waals surface area contributed by atoms with Crippen LogP contribution in [0.2, 0.25) is 0 Å². The molecule has 2 aromatic rings. The number of hydrogen-bond acceptors (Lipinski definition) is 1. The van der Waals surface area contributed by atoms with E-state index >= 15 is 0 Å². The van der Waals surface area contributed by atoms with Crippen molar-refractivity contribution in [3.63, 3.8) is 0 Å². The number of amides is 1. The molecule has 0 atom stereocenters. The molecule has 0 bridgehead atoms. The second-order valence-electron chi connectivity index (χ2n) is 5.46. The summed E-state index contributed by atoms with van der Waals surface area (Å²) in [6, 6.07) is 11.6. The van der Waals surface area contributed by atoms with Crippen molar-refractivity contribution >= 4 is 38.5 Å². The van der Waals surface area contributed by atoms with Crippen molar-refractivity contribution in [2.45, 2.75) is 26.3 Å². The summed E-state index contributed by atoms with van der Waals surface area (Å²) in [6.07, 6.45) is -0.941. The molecule has 3 nitrogen and oxygen atoms in total. The van der Waals surface area contributed by atoms with Gasteiger partial charge in [0.2, 0.25) is 0 Å². The minimum atomic E-state index is -0.941. The van der Waals surface area contributed by atoms with Crippen LogP contribution in [0.1, 0.15) is 20.8 Å². The van der Waals surface area contributed by atoms with Crippen molar-refractivity contribution in [1.29, 1.82) is 0 Å². The molecule has 1 amide bonds. The highest BCUT2D eigenvalue weighted by molar-refractivity contribution is 9.10. The van der Waals surface area contributed by atoms with Crippen LogP contribution in [0, 0.1) is 0 Å². The van der Waals surface area contributed by atoms with Crippen LogP contribution in [0.15, 0.2) is 40.9 Å². The summed E-state index contributed by atoms with van der Waals surface area (Å²) < 4.78 is 1.01. The largest absolute Gasteiger partial charge is 0.465 e. The molecule has 2 rings (SSSR count). The Morgan fingerprint density at radius 1 is 1.11 bits per heavy atom. The maximum atomic E-state index is 11.5. The normalized spacial score (nSPS) is 11.6. The molecule has 0 aromatic heterocycles. The molecule has 0 saturated heterocycles. The monoisotopic (exact) mass is 321 g/mol. The molecule has 0 saturated carbocycles. The minimum Gasteiger partial charge on any atom is -0.465 e. The predicted molar refractivity (Wildman–Crippen MR) is 81.9 cm³/mol. The Morgan fingerprint density at radius 2 is 1.68 bits per heavy atom. The van der Waals surface area contributed by atoms with E-state index in [9.17, 15) is 9.90 Å². The highest BCUT2D eigenvalue weighted by atomic mass is 79.9. The van der Waals surface area contributed by atoms with Crippen LogP contribution in [0.25, 0.3) is 10.8 Å². The number of carbonyl (C=O) groups is 1. The molecule has 0 unspecified atom stereocenters. The number of rotatable bonds is 1. The van der Waals surface area contributed by atoms with E-state index in [4.69, 9.17) is 0 Å². The smallest absolute Gasteiger partial charge is 0.412 e. The van der Waals surface area contributed by atoms with E-state index in [1.165, 1.54) is 4.90 Å². The van der Waals surface area contributed by atoms with Gasteiger partial charge in [0.25, 0.3) is 0 Å². The maximum absolute atomic E-state index is 11.5. The number of carboxylic acid groups (broad SMARTS) is 1. The summed E-state index contributed by atoms with van der Waals surface area (Å²) in [5.41, 5.74) is 0.212. The maximum Gasteiger partial charge on any atom is 0.412 e. The number of anilines is 1. The lowest BCUT2D eigenvalue weighted by Crippen LogP contribution is -2.45. The first-order chi connectivity index (χ1) is 8.79. The van der Waals surface area contributed by atoms with Crippen molar-refractivity contribution in [2.75, 3.05) is 4.90 Å². The molecule has 0 aliphatic carbocycles. The third-order valence-corrected chi connectivity index (χ3v) is 3.40. The Labute approximate surface area is 121 Å². The van der Waals surface area contributed by atoms with E-state index in [1.807, 2.05) is 57.2 Å². The van der Waals surface area contributed by atoms with Gasteiger partial charge in [0, 0.05) is 15.7 Å². The van der Waals surface area contributed by atoms with Crippen molar-refractivity contribution in [3.8, 4) is 0 Å². The first-order valence-corrected chi connectivity index (χ1v) is 6.81. The van der Waals surface area contributed by atoms with Crippen molar-refractivity contribution in [2.24, 2.45) is 0 Å². The summed E-state index contributed by atoms with van der Waals surface area (Å²) in [6.45, 7) is 5.65. The topological polar surface area (TPSA) is 40.5 Å². The Kier molecular flexibility index (Phi) is 3.54. The quantitative estimate of drug-likeness (QED) is 0.812. The van der Waals surface area contributed by atoms with E-state index in [0.29, 0.717) is 5.69 Å². The zero-order valence-electron chi connectivity index (χ0n) is 11.1. The molecule has 0 aliphatic rings. The van der Waals surface area contributed by atoms with Crippen LogP contribution in [-0.4, -0.2) is 16.7 Å². The van der Waals surface area contributed by atoms with E-state index < -0.39 is 11.6 Å². The fourth-order valence-electron chi connectivity index (χ4n) is 2.13. The number of hydrogen-bond donors (Lipinski definition) is 1. The van der Waals surface area contributed by atoms with Gasteiger partial charge in [-0.15, -0.1) is 0 Å². The Bertz CT molecular complexity index is 632. The van der Waals surface area contributed by atoms with Gasteiger partial charge in [-0.3, -0.25) is 4.90 Å². The predicted octanol–water partition coefficient (Wildman–Crippen LogP) is 4.89. The first-order valence-electron chi connectivity index (χ1n) is 6.01. The lowest BCUT2D eigenvalue weighted by atomic mass is 10.0. The molecule has 0 radical (unpaired) electrons. The highest BCUT2D eigenvalue weighted by Crippen LogP contribution is 2.29. The van der Waals surface area contributed by atoms with Gasteiger partial charge in [-0.2, -0.15) is 0 Å². The fraction of sp³-hybridized carbons (Fsp3) is 0.267. The average Bonchev–Trinajstić information content (AvgIpc) is 2.27. The summed E-state index contributed by atoms with van der Waals surface area (Å²) in [4.78, 5) is 12.8. The summed E-state index contributed by atoms with van der Waals surface area (Å²) in [7, 11) is 0. The van der Waals surface area contributed by atoms with Crippen molar-refractivity contribution in [1.82, 2.24) is 0 Å². The summed E-state index contributed by atoms with van der Waals surface area (Å²) in [5.74, 6) is 0. The number of halogens is 1. The van der Waals surface area contributed by atoms with Gasteiger partial charge in [-0.05, 0) is 55.8 Å². The van der Waals surface area contributed by atoms with Gasteiger partial charge in [-0.25, -0.2) is 4.79 Å². The molecule has 2 aromatic carbocycles. The van der Waals surface area contributed by atoms with Gasteiger partial charge in [0.1, 0.15) is 0 Å². The highest BCUT2D eigenvalue weighted by Gasteiger charge is 2.27. The SMILES string of the molecule is CC(C)(C)N(C(=O)O)c1ccc2cc(Br)ccc2c1. The number of benzene rings is 2. The van der Waals surface area contributed by atoms with Crippen molar-refractivity contribution in [3.05, 3.63) is 40.9 Å². The third-order valence-electron chi connectivity index (χ3n) is 2.91. The Morgan fingerprint density at radius 3 is 2.26 bits per heavy atom. The van der Waals surface area contributed by atoms with Gasteiger partial charge in [0.15, 0.2) is 0 Å². The third kappa shape index (κ3) is 2.89. The molecule has 0 aliphatic heterocycles. The lowest BCUT2D eigenvalue weighted by molar-refractivity contribution is 0.195. The minimum absolute atomic E-state index is 0.477. The van der Waals surface area contributed by atoms with Crippen LogP contribution in [0.3, 0.4) is 0 Å². The Hall–Kier alpha value is -1.55. The zero-order valence-corrected chi connectivity index (χ0v) is 12.7. The van der Waals surface area contributed by atoms with Gasteiger partial charge >= 0.3 is 6.09 Å². The summed E-state index contributed by atoms with van der Waals surface area (Å²) >= 11 is 3.43. The first kappa shape index (κ1) is 13.9. The van der Waals surface area contributed by atoms with Crippen LogP contribution < -0.4 is 4.90 Å². The zero-order chi connectivity index (χ0) is 14.2. The standard InChI is InChI=1S/C15H16BrNO2/c1-15(2,3)17(14(18)19)13-7-5-10-8-12(16)6-4-11(10)9-13/h4-9H,1-3H3,(H,18,19). The molecular formula is C15H16BrNO2. The molecule has 0 spiro atoms. The van der Waals surface area contributed by atoms with E-state index in [2.05, 4.69) is 15.9 Å². The molecule has 0 fully saturated rings. The molecule has 4 heteroatoms. The van der Waals surface area contributed by atoms with Crippen LogP contribution >= 0.6 is 15.9 Å². The fourth-order valence-corrected chi connectivity index (χ4v) is 2.51. The van der Waals surface area contributed by atoms with Gasteiger partial charge < -0.3 is 5.11 Å². The molecule has 1 N–H and O–H groups in total.